The molecule has 5 heteroatoms. The summed E-state index contributed by atoms with van der Waals surface area (Å²) in [5.41, 5.74) is 2.09. The van der Waals surface area contributed by atoms with Gasteiger partial charge in [-0.3, -0.25) is 4.68 Å². The van der Waals surface area contributed by atoms with E-state index in [0.29, 0.717) is 6.04 Å². The monoisotopic (exact) mass is 300 g/mol. The molecule has 1 aromatic heterocycles. The molecule has 0 radical (unpaired) electrons. The zero-order valence-electron chi connectivity index (χ0n) is 13.9. The van der Waals surface area contributed by atoms with Gasteiger partial charge in [0.05, 0.1) is 16.4 Å². The van der Waals surface area contributed by atoms with Crippen LogP contribution in [0.5, 0.6) is 0 Å². The van der Waals surface area contributed by atoms with Gasteiger partial charge in [0.1, 0.15) is 0 Å². The van der Waals surface area contributed by atoms with Crippen molar-refractivity contribution in [3.63, 3.8) is 0 Å². The summed E-state index contributed by atoms with van der Waals surface area (Å²) in [4.78, 5) is 2.26. The van der Waals surface area contributed by atoms with Crippen LogP contribution in [0.3, 0.4) is 0 Å². The Bertz CT molecular complexity index is 437. The standard InChI is InChI=1S/C15H29ClN4/c1-8-17-13(15(4,5)19(6)7)10-12-14(16)11(3)18-20(12)9-2/h13,17H,8-10H2,1-7H3. The summed E-state index contributed by atoms with van der Waals surface area (Å²) in [7, 11) is 4.24. The molecule has 1 unspecified atom stereocenters. The largest absolute Gasteiger partial charge is 0.312 e. The average molecular weight is 301 g/mol. The topological polar surface area (TPSA) is 33.1 Å². The second-order valence-electron chi connectivity index (χ2n) is 6.02. The van der Waals surface area contributed by atoms with Crippen molar-refractivity contribution in [1.29, 1.82) is 0 Å². The molecular weight excluding hydrogens is 272 g/mol. The maximum atomic E-state index is 6.44. The third kappa shape index (κ3) is 3.54. The van der Waals surface area contributed by atoms with Gasteiger partial charge in [0, 0.05) is 24.5 Å². The zero-order chi connectivity index (χ0) is 15.5. The highest BCUT2D eigenvalue weighted by Gasteiger charge is 2.32. The molecule has 1 aromatic rings. The number of hydrogen-bond donors (Lipinski definition) is 1. The van der Waals surface area contributed by atoms with Crippen molar-refractivity contribution < 1.29 is 0 Å². The van der Waals surface area contributed by atoms with E-state index in [9.17, 15) is 0 Å². The Balaban J connectivity index is 3.08. The molecule has 0 spiro atoms. The first-order valence-corrected chi connectivity index (χ1v) is 7.76. The fourth-order valence-corrected chi connectivity index (χ4v) is 2.60. The minimum atomic E-state index is 0.0378. The molecular formula is C15H29ClN4. The number of nitrogens with one attached hydrogen (secondary N) is 1. The molecule has 116 valence electrons. The van der Waals surface area contributed by atoms with Crippen molar-refractivity contribution in [2.24, 2.45) is 0 Å². The van der Waals surface area contributed by atoms with Gasteiger partial charge < -0.3 is 10.2 Å². The molecule has 4 nitrogen and oxygen atoms in total. The lowest BCUT2D eigenvalue weighted by Gasteiger charge is -2.40. The number of hydrogen-bond acceptors (Lipinski definition) is 3. The lowest BCUT2D eigenvalue weighted by atomic mass is 9.89. The van der Waals surface area contributed by atoms with Gasteiger partial charge in [-0.1, -0.05) is 18.5 Å². The number of aromatic nitrogens is 2. The molecule has 0 aliphatic carbocycles. The third-order valence-corrected chi connectivity index (χ3v) is 4.80. The Morgan fingerprint density at radius 2 is 1.95 bits per heavy atom. The van der Waals surface area contributed by atoms with Gasteiger partial charge in [-0.05, 0) is 48.3 Å². The predicted octanol–water partition coefficient (Wildman–Crippen LogP) is 2.73. The number of rotatable bonds is 7. The minimum Gasteiger partial charge on any atom is -0.312 e. The first-order valence-electron chi connectivity index (χ1n) is 7.38. The highest BCUT2D eigenvalue weighted by Crippen LogP contribution is 2.26. The van der Waals surface area contributed by atoms with E-state index < -0.39 is 0 Å². The average Bonchev–Trinajstić information content (AvgIpc) is 2.65. The summed E-state index contributed by atoms with van der Waals surface area (Å²) in [6, 6.07) is 0.321. The smallest absolute Gasteiger partial charge is 0.0847 e. The molecule has 0 aliphatic rings. The molecule has 0 saturated carbocycles. The molecule has 0 amide bonds. The Hall–Kier alpha value is -0.580. The van der Waals surface area contributed by atoms with E-state index in [4.69, 9.17) is 11.6 Å². The first-order chi connectivity index (χ1) is 9.25. The maximum Gasteiger partial charge on any atom is 0.0847 e. The molecule has 0 aromatic carbocycles. The van der Waals surface area contributed by atoms with Crippen molar-refractivity contribution in [2.75, 3.05) is 20.6 Å². The highest BCUT2D eigenvalue weighted by atomic mass is 35.5. The van der Waals surface area contributed by atoms with Gasteiger partial charge in [0.15, 0.2) is 0 Å². The van der Waals surface area contributed by atoms with Crippen LogP contribution in [0, 0.1) is 6.92 Å². The van der Waals surface area contributed by atoms with E-state index in [1.807, 2.05) is 11.6 Å². The normalized spacial score (nSPS) is 14.1. The van der Waals surface area contributed by atoms with Gasteiger partial charge in [-0.15, -0.1) is 0 Å². The molecule has 0 bridgehead atoms. The zero-order valence-corrected chi connectivity index (χ0v) is 14.7. The highest BCUT2D eigenvalue weighted by molar-refractivity contribution is 6.31. The van der Waals surface area contributed by atoms with Crippen molar-refractivity contribution in [3.8, 4) is 0 Å². The SMILES string of the molecule is CCNC(Cc1c(Cl)c(C)nn1CC)C(C)(C)N(C)C. The van der Waals surface area contributed by atoms with Gasteiger partial charge in [0.2, 0.25) is 0 Å². The number of nitrogens with zero attached hydrogens (tertiary/aromatic N) is 3. The van der Waals surface area contributed by atoms with Gasteiger partial charge in [-0.2, -0.15) is 5.10 Å². The van der Waals surface area contributed by atoms with Crippen molar-refractivity contribution >= 4 is 11.6 Å². The fraction of sp³-hybridized carbons (Fsp3) is 0.800. The molecule has 0 fully saturated rings. The van der Waals surface area contributed by atoms with Crippen LogP contribution in [0.2, 0.25) is 5.02 Å². The Kier molecular flexibility index (Phi) is 6.05. The van der Waals surface area contributed by atoms with E-state index in [1.165, 1.54) is 0 Å². The molecule has 0 aliphatic heterocycles. The molecule has 0 saturated heterocycles. The van der Waals surface area contributed by atoms with Crippen LogP contribution >= 0.6 is 11.6 Å². The van der Waals surface area contributed by atoms with E-state index in [-0.39, 0.29) is 5.54 Å². The number of likely N-dealkylation sites (N-methyl/N-ethyl adjacent to an activating group) is 2. The lowest BCUT2D eigenvalue weighted by molar-refractivity contribution is 0.137. The maximum absolute atomic E-state index is 6.44. The molecule has 1 atom stereocenters. The second-order valence-corrected chi connectivity index (χ2v) is 6.40. The third-order valence-electron chi connectivity index (χ3n) is 4.31. The Morgan fingerprint density at radius 3 is 2.40 bits per heavy atom. The number of halogens is 1. The van der Waals surface area contributed by atoms with Gasteiger partial charge in [-0.25, -0.2) is 0 Å². The summed E-state index contributed by atoms with van der Waals surface area (Å²) in [6.07, 6.45) is 0.881. The quantitative estimate of drug-likeness (QED) is 0.840. The van der Waals surface area contributed by atoms with Crippen LogP contribution in [-0.2, 0) is 13.0 Å². The Morgan fingerprint density at radius 1 is 1.35 bits per heavy atom. The van der Waals surface area contributed by atoms with Crippen LogP contribution in [0.1, 0.15) is 39.1 Å². The predicted molar refractivity (Wildman–Crippen MR) is 86.6 cm³/mol. The summed E-state index contributed by atoms with van der Waals surface area (Å²) in [5, 5.41) is 8.92. The van der Waals surface area contributed by atoms with Crippen molar-refractivity contribution in [1.82, 2.24) is 20.0 Å². The van der Waals surface area contributed by atoms with Crippen LogP contribution in [0.15, 0.2) is 0 Å². The summed E-state index contributed by atoms with van der Waals surface area (Å²) < 4.78 is 2.02. The van der Waals surface area contributed by atoms with E-state index >= 15 is 0 Å². The van der Waals surface area contributed by atoms with E-state index in [1.54, 1.807) is 0 Å². The van der Waals surface area contributed by atoms with Crippen molar-refractivity contribution in [2.45, 2.75) is 59.2 Å². The van der Waals surface area contributed by atoms with Crippen LogP contribution in [-0.4, -0.2) is 46.9 Å². The molecule has 20 heavy (non-hydrogen) atoms. The second kappa shape index (κ2) is 6.92. The summed E-state index contributed by atoms with van der Waals surface area (Å²) >= 11 is 6.44. The molecule has 1 N–H and O–H groups in total. The fourth-order valence-electron chi connectivity index (χ4n) is 2.39. The first kappa shape index (κ1) is 17.5. The van der Waals surface area contributed by atoms with Crippen LogP contribution in [0.25, 0.3) is 0 Å². The van der Waals surface area contributed by atoms with Crippen LogP contribution in [0.4, 0.5) is 0 Å². The van der Waals surface area contributed by atoms with E-state index in [0.717, 1.165) is 35.9 Å². The number of aryl methyl sites for hydroxylation is 2. The lowest BCUT2D eigenvalue weighted by Crippen LogP contribution is -2.56. The van der Waals surface area contributed by atoms with E-state index in [2.05, 4.69) is 57.1 Å². The minimum absolute atomic E-state index is 0.0378. The van der Waals surface area contributed by atoms with Gasteiger partial charge >= 0.3 is 0 Å². The van der Waals surface area contributed by atoms with Gasteiger partial charge in [0.25, 0.3) is 0 Å². The molecule has 1 heterocycles. The molecule has 1 rings (SSSR count). The Labute approximate surface area is 128 Å². The summed E-state index contributed by atoms with van der Waals surface area (Å²) in [5.74, 6) is 0. The van der Waals surface area contributed by atoms with Crippen molar-refractivity contribution in [3.05, 3.63) is 16.4 Å². The van der Waals surface area contributed by atoms with Crippen LogP contribution < -0.4 is 5.32 Å². The summed E-state index contributed by atoms with van der Waals surface area (Å²) in [6.45, 7) is 12.5.